The molecule has 27 heavy (non-hydrogen) atoms. The fourth-order valence-electron chi connectivity index (χ4n) is 2.49. The highest BCUT2D eigenvalue weighted by atomic mass is 19.1. The van der Waals surface area contributed by atoms with Crippen molar-refractivity contribution in [2.45, 2.75) is 19.9 Å². The van der Waals surface area contributed by atoms with Crippen LogP contribution in [-0.4, -0.2) is 22.5 Å². The Morgan fingerprint density at radius 2 is 2.07 bits per heavy atom. The molecule has 6 heteroatoms. The number of benzene rings is 1. The first kappa shape index (κ1) is 18.3. The molecular formula is C21H18FN3O2. The summed E-state index contributed by atoms with van der Waals surface area (Å²) in [6, 6.07) is 11.7. The summed E-state index contributed by atoms with van der Waals surface area (Å²) in [7, 11) is 0. The van der Waals surface area contributed by atoms with Gasteiger partial charge in [-0.25, -0.2) is 9.37 Å². The van der Waals surface area contributed by atoms with Crippen molar-refractivity contribution in [1.82, 2.24) is 15.3 Å². The molecule has 0 aliphatic carbocycles. The van der Waals surface area contributed by atoms with Gasteiger partial charge in [0, 0.05) is 24.7 Å². The highest BCUT2D eigenvalue weighted by Gasteiger charge is 2.12. The van der Waals surface area contributed by atoms with Crippen molar-refractivity contribution in [1.29, 1.82) is 0 Å². The number of fused-ring (bicyclic) bond motifs is 1. The number of aromatic nitrogens is 2. The molecule has 2 aromatic heterocycles. The van der Waals surface area contributed by atoms with Crippen molar-refractivity contribution in [2.75, 3.05) is 6.61 Å². The third kappa shape index (κ3) is 4.59. The van der Waals surface area contributed by atoms with Crippen molar-refractivity contribution in [2.24, 2.45) is 0 Å². The molecule has 1 N–H and O–H groups in total. The lowest BCUT2D eigenvalue weighted by atomic mass is 10.2. The Bertz CT molecular complexity index is 1020. The molecule has 1 aromatic carbocycles. The number of ether oxygens (including phenoxy) is 1. The predicted molar refractivity (Wildman–Crippen MR) is 101 cm³/mol. The molecule has 0 radical (unpaired) electrons. The molecule has 0 aliphatic rings. The Morgan fingerprint density at radius 1 is 1.19 bits per heavy atom. The molecule has 5 nitrogen and oxygen atoms in total. The third-order valence-electron chi connectivity index (χ3n) is 3.83. The average molecular weight is 363 g/mol. The zero-order valence-electron chi connectivity index (χ0n) is 14.8. The average Bonchev–Trinajstić information content (AvgIpc) is 2.70. The fraction of sp³-hybridized carbons (Fsp3) is 0.190. The van der Waals surface area contributed by atoms with Crippen molar-refractivity contribution in [3.63, 3.8) is 0 Å². The van der Waals surface area contributed by atoms with E-state index in [9.17, 15) is 9.18 Å². The van der Waals surface area contributed by atoms with E-state index in [1.165, 1.54) is 0 Å². The quantitative estimate of drug-likeness (QED) is 0.538. The SMILES string of the molecule is CC#CCCOc1cccc(CNC(=O)c2ccc3ncccc3n2)c1F. The molecule has 3 rings (SSSR count). The minimum Gasteiger partial charge on any atom is -0.490 e. The number of halogens is 1. The van der Waals surface area contributed by atoms with E-state index >= 15 is 0 Å². The second-order valence-corrected chi connectivity index (χ2v) is 5.68. The van der Waals surface area contributed by atoms with Crippen LogP contribution < -0.4 is 10.1 Å². The van der Waals surface area contributed by atoms with Gasteiger partial charge in [0.1, 0.15) is 5.69 Å². The van der Waals surface area contributed by atoms with Gasteiger partial charge in [-0.05, 0) is 37.3 Å². The van der Waals surface area contributed by atoms with Crippen LogP contribution in [0.15, 0.2) is 48.7 Å². The van der Waals surface area contributed by atoms with Crippen molar-refractivity contribution in [3.05, 3.63) is 65.7 Å². The second kappa shape index (κ2) is 8.77. The third-order valence-corrected chi connectivity index (χ3v) is 3.83. The monoisotopic (exact) mass is 363 g/mol. The molecule has 0 saturated carbocycles. The molecule has 3 aromatic rings. The van der Waals surface area contributed by atoms with E-state index in [-0.39, 0.29) is 23.9 Å². The lowest BCUT2D eigenvalue weighted by Crippen LogP contribution is -2.24. The molecule has 2 heterocycles. The van der Waals surface area contributed by atoms with Gasteiger partial charge >= 0.3 is 0 Å². The topological polar surface area (TPSA) is 64.1 Å². The van der Waals surface area contributed by atoms with Crippen LogP contribution in [0.25, 0.3) is 11.0 Å². The summed E-state index contributed by atoms with van der Waals surface area (Å²) in [5, 5.41) is 2.68. The van der Waals surface area contributed by atoms with Gasteiger partial charge in [-0.3, -0.25) is 9.78 Å². The summed E-state index contributed by atoms with van der Waals surface area (Å²) in [5.41, 5.74) is 1.92. The molecule has 0 bridgehead atoms. The maximum atomic E-state index is 14.5. The lowest BCUT2D eigenvalue weighted by molar-refractivity contribution is 0.0946. The van der Waals surface area contributed by atoms with Gasteiger partial charge < -0.3 is 10.1 Å². The van der Waals surface area contributed by atoms with Gasteiger partial charge in [0.25, 0.3) is 5.91 Å². The molecular weight excluding hydrogens is 345 g/mol. The van der Waals surface area contributed by atoms with Gasteiger partial charge in [0.05, 0.1) is 17.6 Å². The van der Waals surface area contributed by atoms with Crippen molar-refractivity contribution in [3.8, 4) is 17.6 Å². The Hall–Kier alpha value is -3.46. The summed E-state index contributed by atoms with van der Waals surface area (Å²) < 4.78 is 19.9. The Kier molecular flexibility index (Phi) is 5.95. The maximum absolute atomic E-state index is 14.5. The van der Waals surface area contributed by atoms with E-state index in [0.717, 1.165) is 0 Å². The van der Waals surface area contributed by atoms with Crippen molar-refractivity contribution < 1.29 is 13.9 Å². The van der Waals surface area contributed by atoms with E-state index in [2.05, 4.69) is 27.1 Å². The first-order valence-electron chi connectivity index (χ1n) is 8.49. The van der Waals surface area contributed by atoms with Crippen molar-refractivity contribution >= 4 is 16.9 Å². The van der Waals surface area contributed by atoms with Gasteiger partial charge in [0.15, 0.2) is 11.6 Å². The number of pyridine rings is 2. The minimum atomic E-state index is -0.488. The van der Waals surface area contributed by atoms with Gasteiger partial charge in [0.2, 0.25) is 0 Å². The maximum Gasteiger partial charge on any atom is 0.270 e. The molecule has 0 fully saturated rings. The highest BCUT2D eigenvalue weighted by molar-refractivity contribution is 5.94. The molecule has 0 unspecified atom stereocenters. The Labute approximate surface area is 156 Å². The number of carbonyl (C=O) groups is 1. The minimum absolute atomic E-state index is 0.0311. The van der Waals surface area contributed by atoms with E-state index in [1.807, 2.05) is 0 Å². The van der Waals surface area contributed by atoms with Crippen LogP contribution in [0.2, 0.25) is 0 Å². The molecule has 136 valence electrons. The summed E-state index contributed by atoms with van der Waals surface area (Å²) in [4.78, 5) is 20.8. The molecule has 1 amide bonds. The summed E-state index contributed by atoms with van der Waals surface area (Å²) in [6.45, 7) is 2.08. The Morgan fingerprint density at radius 3 is 2.93 bits per heavy atom. The number of nitrogens with zero attached hydrogens (tertiary/aromatic N) is 2. The summed E-state index contributed by atoms with van der Waals surface area (Å²) in [6.07, 6.45) is 2.19. The van der Waals surface area contributed by atoms with Gasteiger partial charge in [-0.1, -0.05) is 12.1 Å². The first-order valence-corrected chi connectivity index (χ1v) is 8.49. The van der Waals surface area contributed by atoms with Crippen LogP contribution in [0.3, 0.4) is 0 Å². The Balaban J connectivity index is 1.66. The number of hydrogen-bond donors (Lipinski definition) is 1. The zero-order valence-corrected chi connectivity index (χ0v) is 14.8. The number of amides is 1. The van der Waals surface area contributed by atoms with Crippen LogP contribution in [0, 0.1) is 17.7 Å². The van der Waals surface area contributed by atoms with Crippen LogP contribution in [0.4, 0.5) is 4.39 Å². The largest absolute Gasteiger partial charge is 0.490 e. The van der Waals surface area contributed by atoms with E-state index in [4.69, 9.17) is 4.74 Å². The normalized spacial score (nSPS) is 10.1. The van der Waals surface area contributed by atoms with E-state index < -0.39 is 5.82 Å². The fourth-order valence-corrected chi connectivity index (χ4v) is 2.49. The number of carbonyl (C=O) groups excluding carboxylic acids is 1. The van der Waals surface area contributed by atoms with Crippen LogP contribution >= 0.6 is 0 Å². The smallest absolute Gasteiger partial charge is 0.270 e. The van der Waals surface area contributed by atoms with Crippen LogP contribution in [-0.2, 0) is 6.54 Å². The van der Waals surface area contributed by atoms with Gasteiger partial charge in [-0.15, -0.1) is 11.8 Å². The number of nitrogens with one attached hydrogen (secondary N) is 1. The second-order valence-electron chi connectivity index (χ2n) is 5.68. The van der Waals surface area contributed by atoms with Crippen LogP contribution in [0.1, 0.15) is 29.4 Å². The molecule has 0 saturated heterocycles. The standard InChI is InChI=1S/C21H18FN3O2/c1-2-3-4-13-27-19-9-5-7-15(20(19)22)14-24-21(26)18-11-10-16-17(25-18)8-6-12-23-16/h5-12H,4,13-14H2,1H3,(H,24,26). The zero-order chi connectivity index (χ0) is 19.1. The first-order chi connectivity index (χ1) is 13.2. The molecule has 0 atom stereocenters. The summed E-state index contributed by atoms with van der Waals surface area (Å²) >= 11 is 0. The van der Waals surface area contributed by atoms with Crippen LogP contribution in [0.5, 0.6) is 5.75 Å². The lowest BCUT2D eigenvalue weighted by Gasteiger charge is -2.10. The molecule has 0 spiro atoms. The number of rotatable bonds is 6. The predicted octanol–water partition coefficient (Wildman–Crippen LogP) is 3.49. The van der Waals surface area contributed by atoms with E-state index in [1.54, 1.807) is 55.6 Å². The number of hydrogen-bond acceptors (Lipinski definition) is 4. The molecule has 0 aliphatic heterocycles. The van der Waals surface area contributed by atoms with E-state index in [0.29, 0.717) is 29.6 Å². The van der Waals surface area contributed by atoms with Gasteiger partial charge in [-0.2, -0.15) is 0 Å². The summed E-state index contributed by atoms with van der Waals surface area (Å²) in [5.74, 6) is 4.89. The highest BCUT2D eigenvalue weighted by Crippen LogP contribution is 2.20.